The van der Waals surface area contributed by atoms with Gasteiger partial charge in [0.1, 0.15) is 0 Å². The van der Waals surface area contributed by atoms with Gasteiger partial charge in [-0.25, -0.2) is 22.2 Å². The summed E-state index contributed by atoms with van der Waals surface area (Å²) in [5, 5.41) is 2.21. The van der Waals surface area contributed by atoms with Crippen LogP contribution in [0.4, 0.5) is 22.0 Å². The lowest BCUT2D eigenvalue weighted by Gasteiger charge is -2.50. The first-order valence-corrected chi connectivity index (χ1v) is 13.7. The summed E-state index contributed by atoms with van der Waals surface area (Å²) in [7, 11) is -2.17. The SMILES string of the molecule is Cn1cnc(S(=O)(=O)N2CCN(C3(CNC(=O)c4ccc(C(F)(F)F)cc4Cl)CCC(F)(F)CC3)CC2)c1. The number of aromatic nitrogens is 2. The van der Waals surface area contributed by atoms with E-state index in [2.05, 4.69) is 10.3 Å². The van der Waals surface area contributed by atoms with Crippen molar-refractivity contribution in [2.75, 3.05) is 32.7 Å². The Morgan fingerprint density at radius 1 is 1.11 bits per heavy atom. The number of nitrogens with one attached hydrogen (secondary N) is 1. The predicted molar refractivity (Wildman–Crippen MR) is 128 cm³/mol. The van der Waals surface area contributed by atoms with Crippen molar-refractivity contribution in [2.45, 2.75) is 48.3 Å². The van der Waals surface area contributed by atoms with Crippen molar-refractivity contribution in [3.05, 3.63) is 46.9 Å². The minimum atomic E-state index is -4.62. The first-order chi connectivity index (χ1) is 17.6. The number of amides is 1. The van der Waals surface area contributed by atoms with E-state index in [0.717, 1.165) is 12.1 Å². The normalized spacial score (nSPS) is 20.8. The molecule has 0 unspecified atom stereocenters. The monoisotopic (exact) mass is 583 g/mol. The maximum Gasteiger partial charge on any atom is 0.416 e. The number of hydrogen-bond donors (Lipinski definition) is 1. The van der Waals surface area contributed by atoms with Crippen molar-refractivity contribution < 1.29 is 35.2 Å². The molecule has 2 aliphatic rings. The first kappa shape index (κ1) is 28.7. The van der Waals surface area contributed by atoms with Crippen LogP contribution < -0.4 is 5.32 Å². The number of aryl methyl sites for hydroxylation is 1. The predicted octanol–water partition coefficient (Wildman–Crippen LogP) is 3.78. The molecule has 1 aliphatic carbocycles. The Morgan fingerprint density at radius 3 is 2.26 bits per heavy atom. The van der Waals surface area contributed by atoms with Crippen LogP contribution in [0.25, 0.3) is 0 Å². The lowest BCUT2D eigenvalue weighted by atomic mass is 9.78. The molecular formula is C23H27ClF5N5O3S. The van der Waals surface area contributed by atoms with E-state index in [1.807, 2.05) is 4.90 Å². The van der Waals surface area contributed by atoms with Gasteiger partial charge in [0.05, 0.1) is 22.5 Å². The third-order valence-corrected chi connectivity index (χ3v) is 9.32. The van der Waals surface area contributed by atoms with E-state index in [1.165, 1.54) is 21.4 Å². The molecule has 2 aromatic rings. The van der Waals surface area contributed by atoms with Gasteiger partial charge in [0.25, 0.3) is 15.9 Å². The molecule has 1 aromatic carbocycles. The molecule has 0 bridgehead atoms. The zero-order valence-corrected chi connectivity index (χ0v) is 22.0. The number of carbonyl (C=O) groups excluding carboxylic acids is 1. The second kappa shape index (κ2) is 10.4. The average Bonchev–Trinajstić information content (AvgIpc) is 3.30. The first-order valence-electron chi connectivity index (χ1n) is 11.9. The molecule has 2 heterocycles. The fourth-order valence-corrected chi connectivity index (χ4v) is 6.61. The number of hydrogen-bond acceptors (Lipinski definition) is 5. The van der Waals surface area contributed by atoms with Gasteiger partial charge >= 0.3 is 6.18 Å². The number of piperazine rings is 1. The number of imidazole rings is 1. The van der Waals surface area contributed by atoms with Gasteiger partial charge in [0, 0.05) is 64.3 Å². The van der Waals surface area contributed by atoms with Gasteiger partial charge in [0.15, 0.2) is 5.03 Å². The number of benzene rings is 1. The molecule has 15 heteroatoms. The van der Waals surface area contributed by atoms with Crippen LogP contribution in [0.5, 0.6) is 0 Å². The second-order valence-electron chi connectivity index (χ2n) is 9.72. The van der Waals surface area contributed by atoms with E-state index in [-0.39, 0.29) is 61.2 Å². The van der Waals surface area contributed by atoms with Gasteiger partial charge < -0.3 is 9.88 Å². The zero-order chi connectivity index (χ0) is 27.9. The van der Waals surface area contributed by atoms with Crippen molar-refractivity contribution >= 4 is 27.5 Å². The van der Waals surface area contributed by atoms with Crippen LogP contribution in [0.1, 0.15) is 41.6 Å². The van der Waals surface area contributed by atoms with Crippen LogP contribution in [0.15, 0.2) is 35.7 Å². The Bertz CT molecular complexity index is 1280. The van der Waals surface area contributed by atoms with E-state index in [9.17, 15) is 35.2 Å². The van der Waals surface area contributed by atoms with Crippen molar-refractivity contribution in [3.63, 3.8) is 0 Å². The number of carbonyl (C=O) groups is 1. The summed E-state index contributed by atoms with van der Waals surface area (Å²) in [4.78, 5) is 18.7. The summed E-state index contributed by atoms with van der Waals surface area (Å²) in [5.41, 5.74) is -2.04. The maximum atomic E-state index is 14.1. The lowest BCUT2D eigenvalue weighted by Crippen LogP contribution is -2.63. The van der Waals surface area contributed by atoms with Gasteiger partial charge in [-0.2, -0.15) is 17.5 Å². The molecule has 4 rings (SSSR count). The summed E-state index contributed by atoms with van der Waals surface area (Å²) >= 11 is 5.94. The zero-order valence-electron chi connectivity index (χ0n) is 20.4. The molecule has 1 aliphatic heterocycles. The smallest absolute Gasteiger partial charge is 0.350 e. The highest BCUT2D eigenvalue weighted by atomic mass is 35.5. The number of halogens is 6. The summed E-state index contributed by atoms with van der Waals surface area (Å²) in [6.45, 7) is 0.654. The number of nitrogens with zero attached hydrogens (tertiary/aromatic N) is 4. The molecule has 1 N–H and O–H groups in total. The van der Waals surface area contributed by atoms with Gasteiger partial charge in [-0.15, -0.1) is 0 Å². The van der Waals surface area contributed by atoms with Crippen LogP contribution >= 0.6 is 11.6 Å². The van der Waals surface area contributed by atoms with E-state index in [0.29, 0.717) is 6.07 Å². The topological polar surface area (TPSA) is 87.5 Å². The minimum Gasteiger partial charge on any atom is -0.350 e. The average molecular weight is 584 g/mol. The van der Waals surface area contributed by atoms with E-state index in [1.54, 1.807) is 7.05 Å². The Hall–Kier alpha value is -2.29. The summed E-state index contributed by atoms with van der Waals surface area (Å²) in [5.74, 6) is -3.58. The fraction of sp³-hybridized carbons (Fsp3) is 0.565. The summed E-state index contributed by atoms with van der Waals surface area (Å²) in [6.07, 6.45) is -2.56. The van der Waals surface area contributed by atoms with Crippen molar-refractivity contribution in [2.24, 2.45) is 7.05 Å². The Morgan fingerprint density at radius 2 is 1.74 bits per heavy atom. The third-order valence-electron chi connectivity index (χ3n) is 7.23. The molecule has 38 heavy (non-hydrogen) atoms. The highest BCUT2D eigenvalue weighted by Crippen LogP contribution is 2.42. The van der Waals surface area contributed by atoms with Gasteiger partial charge in [-0.1, -0.05) is 11.6 Å². The van der Waals surface area contributed by atoms with Crippen LogP contribution in [0.2, 0.25) is 5.02 Å². The van der Waals surface area contributed by atoms with Crippen LogP contribution in [0, 0.1) is 0 Å². The molecule has 1 amide bonds. The van der Waals surface area contributed by atoms with Crippen molar-refractivity contribution in [1.82, 2.24) is 24.1 Å². The number of rotatable bonds is 6. The molecule has 1 saturated carbocycles. The maximum absolute atomic E-state index is 14.1. The highest BCUT2D eigenvalue weighted by molar-refractivity contribution is 7.89. The summed E-state index contributed by atoms with van der Waals surface area (Å²) < 4.78 is 95.6. The molecular weight excluding hydrogens is 557 g/mol. The molecule has 0 atom stereocenters. The van der Waals surface area contributed by atoms with Crippen LogP contribution in [0.3, 0.4) is 0 Å². The largest absolute Gasteiger partial charge is 0.416 e. The minimum absolute atomic E-state index is 0.0493. The number of alkyl halides is 5. The van der Waals surface area contributed by atoms with Crippen molar-refractivity contribution in [3.8, 4) is 0 Å². The molecule has 8 nitrogen and oxygen atoms in total. The quantitative estimate of drug-likeness (QED) is 0.523. The van der Waals surface area contributed by atoms with E-state index < -0.39 is 52.0 Å². The van der Waals surface area contributed by atoms with Crippen LogP contribution in [-0.4, -0.2) is 77.3 Å². The van der Waals surface area contributed by atoms with Gasteiger partial charge in [0.2, 0.25) is 5.92 Å². The van der Waals surface area contributed by atoms with Crippen molar-refractivity contribution in [1.29, 1.82) is 0 Å². The van der Waals surface area contributed by atoms with Gasteiger partial charge in [-0.05, 0) is 31.0 Å². The molecule has 0 spiro atoms. The Balaban J connectivity index is 1.48. The molecule has 0 radical (unpaired) electrons. The fourth-order valence-electron chi connectivity index (χ4n) is 4.96. The number of sulfonamides is 1. The molecule has 210 valence electrons. The molecule has 1 aromatic heterocycles. The molecule has 1 saturated heterocycles. The highest BCUT2D eigenvalue weighted by Gasteiger charge is 2.48. The molecule has 2 fully saturated rings. The Kier molecular flexibility index (Phi) is 7.83. The van der Waals surface area contributed by atoms with E-state index in [4.69, 9.17) is 11.6 Å². The van der Waals surface area contributed by atoms with E-state index >= 15 is 0 Å². The van der Waals surface area contributed by atoms with Crippen LogP contribution in [-0.2, 0) is 23.2 Å². The third kappa shape index (κ3) is 5.97. The second-order valence-corrected chi connectivity index (χ2v) is 12.0. The summed E-state index contributed by atoms with van der Waals surface area (Å²) in [6, 6.07) is 2.39. The standard InChI is InChI=1S/C23H27ClF5N5O3S/c1-32-13-19(31-15-32)38(36,37)34-10-8-33(9-11-34)21(4-6-22(25,26)7-5-21)14-30-20(35)17-3-2-16(12-18(17)24)23(27,28)29/h2-3,12-13,15H,4-11,14H2,1H3,(H,30,35). The lowest BCUT2D eigenvalue weighted by molar-refractivity contribution is -0.137. The Labute approximate surface area is 221 Å². The van der Waals surface area contributed by atoms with Gasteiger partial charge in [-0.3, -0.25) is 9.69 Å².